The number of hydrogen-bond acceptors (Lipinski definition) is 2. The third-order valence-electron chi connectivity index (χ3n) is 3.41. The standard InChI is InChI=1S/C12H18O2/c1-14-9-12-8-3-2-5-10(12)6-4-7-11(12)13/h3,5,8,11,13H,2,4,6-7,9H2,1H3/t11-,12-/m1/s1. The van der Waals surface area contributed by atoms with Crippen LogP contribution in [0.2, 0.25) is 0 Å². The van der Waals surface area contributed by atoms with E-state index >= 15 is 0 Å². The topological polar surface area (TPSA) is 29.5 Å². The second-order valence-corrected chi connectivity index (χ2v) is 4.25. The summed E-state index contributed by atoms with van der Waals surface area (Å²) in [5, 5.41) is 10.1. The first-order valence-electron chi connectivity index (χ1n) is 5.34. The molecule has 0 aliphatic heterocycles. The highest BCUT2D eigenvalue weighted by molar-refractivity contribution is 5.31. The Balaban J connectivity index is 2.30. The van der Waals surface area contributed by atoms with Crippen molar-refractivity contribution in [2.75, 3.05) is 13.7 Å². The molecule has 2 aliphatic rings. The van der Waals surface area contributed by atoms with Crippen molar-refractivity contribution < 1.29 is 9.84 Å². The summed E-state index contributed by atoms with van der Waals surface area (Å²) >= 11 is 0. The van der Waals surface area contributed by atoms with Gasteiger partial charge in [-0.15, -0.1) is 0 Å². The van der Waals surface area contributed by atoms with Gasteiger partial charge in [-0.3, -0.25) is 0 Å². The third-order valence-corrected chi connectivity index (χ3v) is 3.41. The Kier molecular flexibility index (Phi) is 2.75. The van der Waals surface area contributed by atoms with Gasteiger partial charge in [0.05, 0.1) is 18.1 Å². The van der Waals surface area contributed by atoms with Crippen LogP contribution in [0.1, 0.15) is 25.7 Å². The lowest BCUT2D eigenvalue weighted by Crippen LogP contribution is -2.42. The fourth-order valence-corrected chi connectivity index (χ4v) is 2.66. The SMILES string of the molecule is COC[C@]12C=CCC=C1CCC[C@H]2O. The number of fused-ring (bicyclic) bond motifs is 1. The van der Waals surface area contributed by atoms with Crippen LogP contribution in [-0.4, -0.2) is 24.9 Å². The highest BCUT2D eigenvalue weighted by atomic mass is 16.5. The van der Waals surface area contributed by atoms with Crippen molar-refractivity contribution in [2.45, 2.75) is 31.8 Å². The Bertz CT molecular complexity index is 267. The van der Waals surface area contributed by atoms with Gasteiger partial charge >= 0.3 is 0 Å². The molecule has 14 heavy (non-hydrogen) atoms. The summed E-state index contributed by atoms with van der Waals surface area (Å²) in [6, 6.07) is 0. The van der Waals surface area contributed by atoms with Gasteiger partial charge in [-0.1, -0.05) is 23.8 Å². The molecule has 2 rings (SSSR count). The number of methoxy groups -OCH3 is 1. The average Bonchev–Trinajstić information content (AvgIpc) is 2.20. The lowest BCUT2D eigenvalue weighted by molar-refractivity contribution is 0.00169. The number of aliphatic hydroxyl groups excluding tert-OH is 1. The lowest BCUT2D eigenvalue weighted by Gasteiger charge is -2.42. The molecule has 0 spiro atoms. The van der Waals surface area contributed by atoms with E-state index in [1.54, 1.807) is 7.11 Å². The molecule has 0 radical (unpaired) electrons. The summed E-state index contributed by atoms with van der Waals surface area (Å²) in [5.41, 5.74) is 1.17. The van der Waals surface area contributed by atoms with Crippen LogP contribution in [0.25, 0.3) is 0 Å². The molecule has 0 amide bonds. The molecule has 78 valence electrons. The molecular formula is C12H18O2. The largest absolute Gasteiger partial charge is 0.392 e. The minimum absolute atomic E-state index is 0.203. The first-order valence-corrected chi connectivity index (χ1v) is 5.34. The molecule has 2 atom stereocenters. The van der Waals surface area contributed by atoms with E-state index < -0.39 is 0 Å². The number of allylic oxidation sites excluding steroid dienone is 2. The van der Waals surface area contributed by atoms with E-state index in [9.17, 15) is 5.11 Å². The van der Waals surface area contributed by atoms with Crippen LogP contribution in [0.4, 0.5) is 0 Å². The van der Waals surface area contributed by atoms with Crippen molar-refractivity contribution in [3.05, 3.63) is 23.8 Å². The molecule has 0 aromatic carbocycles. The molecular weight excluding hydrogens is 176 g/mol. The van der Waals surface area contributed by atoms with Crippen molar-refractivity contribution in [2.24, 2.45) is 5.41 Å². The zero-order valence-corrected chi connectivity index (χ0v) is 8.70. The van der Waals surface area contributed by atoms with Gasteiger partial charge in [-0.25, -0.2) is 0 Å². The second kappa shape index (κ2) is 3.87. The lowest BCUT2D eigenvalue weighted by atomic mass is 9.66. The summed E-state index contributed by atoms with van der Waals surface area (Å²) in [5.74, 6) is 0. The molecule has 1 fully saturated rings. The number of ether oxygens (including phenoxy) is 1. The van der Waals surface area contributed by atoms with Gasteiger partial charge in [0, 0.05) is 7.11 Å². The molecule has 0 heterocycles. The van der Waals surface area contributed by atoms with Crippen molar-refractivity contribution in [1.29, 1.82) is 0 Å². The number of hydrogen-bond donors (Lipinski definition) is 1. The summed E-state index contributed by atoms with van der Waals surface area (Å²) in [6.45, 7) is 0.608. The first-order chi connectivity index (χ1) is 6.79. The Hall–Kier alpha value is -0.600. The highest BCUT2D eigenvalue weighted by Crippen LogP contribution is 2.44. The predicted octanol–water partition coefficient (Wildman–Crippen LogP) is 2.05. The fraction of sp³-hybridized carbons (Fsp3) is 0.667. The maximum atomic E-state index is 10.1. The van der Waals surface area contributed by atoms with Gasteiger partial charge < -0.3 is 9.84 Å². The van der Waals surface area contributed by atoms with Gasteiger partial charge in [0.15, 0.2) is 0 Å². The van der Waals surface area contributed by atoms with E-state index in [1.165, 1.54) is 5.57 Å². The average molecular weight is 194 g/mol. The number of aliphatic hydroxyl groups is 1. The van der Waals surface area contributed by atoms with E-state index in [4.69, 9.17) is 4.74 Å². The Morgan fingerprint density at radius 2 is 2.50 bits per heavy atom. The fourth-order valence-electron chi connectivity index (χ4n) is 2.66. The number of rotatable bonds is 2. The van der Waals surface area contributed by atoms with E-state index in [2.05, 4.69) is 18.2 Å². The molecule has 0 saturated heterocycles. The molecule has 0 aromatic heterocycles. The van der Waals surface area contributed by atoms with Crippen molar-refractivity contribution >= 4 is 0 Å². The molecule has 0 aromatic rings. The van der Waals surface area contributed by atoms with Gasteiger partial charge in [-0.2, -0.15) is 0 Å². The Morgan fingerprint density at radius 1 is 1.64 bits per heavy atom. The first kappa shape index (κ1) is 9.94. The predicted molar refractivity (Wildman–Crippen MR) is 56.0 cm³/mol. The maximum absolute atomic E-state index is 10.1. The molecule has 0 bridgehead atoms. The van der Waals surface area contributed by atoms with Crippen LogP contribution in [0.15, 0.2) is 23.8 Å². The Morgan fingerprint density at radius 3 is 3.29 bits per heavy atom. The zero-order valence-electron chi connectivity index (χ0n) is 8.70. The van der Waals surface area contributed by atoms with Crippen molar-refractivity contribution in [3.8, 4) is 0 Å². The van der Waals surface area contributed by atoms with Gasteiger partial charge in [0.25, 0.3) is 0 Å². The maximum Gasteiger partial charge on any atom is 0.0690 e. The molecule has 0 unspecified atom stereocenters. The molecule has 1 N–H and O–H groups in total. The quantitative estimate of drug-likeness (QED) is 0.682. The van der Waals surface area contributed by atoms with Crippen LogP contribution >= 0.6 is 0 Å². The molecule has 2 nitrogen and oxygen atoms in total. The third kappa shape index (κ3) is 1.43. The minimum atomic E-state index is -0.265. The van der Waals surface area contributed by atoms with Gasteiger partial charge in [-0.05, 0) is 25.7 Å². The van der Waals surface area contributed by atoms with E-state index in [1.807, 2.05) is 0 Å². The van der Waals surface area contributed by atoms with E-state index in [-0.39, 0.29) is 11.5 Å². The molecule has 1 saturated carbocycles. The highest BCUT2D eigenvalue weighted by Gasteiger charge is 2.42. The summed E-state index contributed by atoms with van der Waals surface area (Å²) in [6.07, 6.45) is 10.4. The van der Waals surface area contributed by atoms with Crippen LogP contribution in [0.5, 0.6) is 0 Å². The van der Waals surface area contributed by atoms with Crippen LogP contribution in [-0.2, 0) is 4.74 Å². The summed E-state index contributed by atoms with van der Waals surface area (Å²) in [4.78, 5) is 0. The van der Waals surface area contributed by atoms with Crippen molar-refractivity contribution in [1.82, 2.24) is 0 Å². The normalized spacial score (nSPS) is 36.4. The second-order valence-electron chi connectivity index (χ2n) is 4.25. The van der Waals surface area contributed by atoms with Gasteiger partial charge in [0.2, 0.25) is 0 Å². The van der Waals surface area contributed by atoms with Crippen molar-refractivity contribution in [3.63, 3.8) is 0 Å². The minimum Gasteiger partial charge on any atom is -0.392 e. The monoisotopic (exact) mass is 194 g/mol. The van der Waals surface area contributed by atoms with Crippen LogP contribution in [0.3, 0.4) is 0 Å². The Labute approximate surface area is 85.3 Å². The summed E-state index contributed by atoms with van der Waals surface area (Å²) in [7, 11) is 1.70. The van der Waals surface area contributed by atoms with Crippen LogP contribution < -0.4 is 0 Å². The molecule has 2 heteroatoms. The zero-order chi connectivity index (χ0) is 10.0. The van der Waals surface area contributed by atoms with E-state index in [0.717, 1.165) is 25.7 Å². The molecule has 2 aliphatic carbocycles. The summed E-state index contributed by atoms with van der Waals surface area (Å²) < 4.78 is 5.26. The van der Waals surface area contributed by atoms with Gasteiger partial charge in [0.1, 0.15) is 0 Å². The van der Waals surface area contributed by atoms with Crippen LogP contribution in [0, 0.1) is 5.41 Å². The van der Waals surface area contributed by atoms with E-state index in [0.29, 0.717) is 6.61 Å². The smallest absolute Gasteiger partial charge is 0.0690 e.